The molecule has 1 aliphatic heterocycles. The van der Waals surface area contributed by atoms with Gasteiger partial charge in [0.05, 0.1) is 5.02 Å². The average molecular weight is 466 g/mol. The molecule has 3 heterocycles. The third kappa shape index (κ3) is 6.15. The van der Waals surface area contributed by atoms with Crippen LogP contribution in [0.1, 0.15) is 39.5 Å². The SMILES string of the molecule is CCC(CC)NS(=O)(=O)c1ccc(N2CCC(C(=O)Nc3ccc(Cl)cn3)CC2)nc1. The number of halogens is 1. The number of nitrogens with zero attached hydrogens (tertiary/aromatic N) is 3. The Morgan fingerprint density at radius 3 is 2.39 bits per heavy atom. The lowest BCUT2D eigenvalue weighted by Crippen LogP contribution is -2.38. The minimum Gasteiger partial charge on any atom is -0.357 e. The first-order chi connectivity index (χ1) is 14.8. The van der Waals surface area contributed by atoms with Crippen molar-refractivity contribution in [1.29, 1.82) is 0 Å². The normalized spacial score (nSPS) is 15.3. The fourth-order valence-electron chi connectivity index (χ4n) is 3.51. The van der Waals surface area contributed by atoms with Gasteiger partial charge in [0.1, 0.15) is 16.5 Å². The van der Waals surface area contributed by atoms with Gasteiger partial charge in [0, 0.05) is 37.4 Å². The summed E-state index contributed by atoms with van der Waals surface area (Å²) in [5.74, 6) is 1.02. The van der Waals surface area contributed by atoms with E-state index in [1.807, 2.05) is 13.8 Å². The van der Waals surface area contributed by atoms with E-state index >= 15 is 0 Å². The monoisotopic (exact) mass is 465 g/mol. The molecular formula is C21H28ClN5O3S. The highest BCUT2D eigenvalue weighted by molar-refractivity contribution is 7.89. The lowest BCUT2D eigenvalue weighted by atomic mass is 9.96. The first kappa shape index (κ1) is 23.4. The fraction of sp³-hybridized carbons (Fsp3) is 0.476. The highest BCUT2D eigenvalue weighted by atomic mass is 35.5. The number of rotatable bonds is 8. The molecule has 2 N–H and O–H groups in total. The number of pyridine rings is 2. The molecule has 1 aliphatic rings. The minimum atomic E-state index is -3.58. The lowest BCUT2D eigenvalue weighted by molar-refractivity contribution is -0.120. The molecule has 2 aromatic heterocycles. The molecule has 1 fully saturated rings. The second-order valence-corrected chi connectivity index (χ2v) is 9.75. The number of hydrogen-bond acceptors (Lipinski definition) is 6. The molecule has 0 atom stereocenters. The third-order valence-electron chi connectivity index (χ3n) is 5.51. The summed E-state index contributed by atoms with van der Waals surface area (Å²) in [5.41, 5.74) is 0. The van der Waals surface area contributed by atoms with Crippen LogP contribution in [0.3, 0.4) is 0 Å². The second kappa shape index (κ2) is 10.4. The Bertz CT molecular complexity index is 971. The molecule has 10 heteroatoms. The molecule has 0 aromatic carbocycles. The molecule has 1 saturated heterocycles. The van der Waals surface area contributed by atoms with Crippen LogP contribution in [0.5, 0.6) is 0 Å². The maximum atomic E-state index is 12.5. The third-order valence-corrected chi connectivity index (χ3v) is 7.24. The number of hydrogen-bond donors (Lipinski definition) is 2. The van der Waals surface area contributed by atoms with Gasteiger partial charge in [-0.3, -0.25) is 4.79 Å². The number of sulfonamides is 1. The van der Waals surface area contributed by atoms with E-state index in [0.717, 1.165) is 12.8 Å². The van der Waals surface area contributed by atoms with Gasteiger partial charge in [0.25, 0.3) is 0 Å². The quantitative estimate of drug-likeness (QED) is 0.618. The highest BCUT2D eigenvalue weighted by Gasteiger charge is 2.26. The summed E-state index contributed by atoms with van der Waals surface area (Å²) < 4.78 is 27.7. The number of nitrogens with one attached hydrogen (secondary N) is 2. The average Bonchev–Trinajstić information content (AvgIpc) is 2.79. The van der Waals surface area contributed by atoms with Crippen LogP contribution in [0.2, 0.25) is 5.02 Å². The number of aromatic nitrogens is 2. The Hall–Kier alpha value is -2.23. The van der Waals surface area contributed by atoms with Gasteiger partial charge in [-0.1, -0.05) is 25.4 Å². The zero-order valence-electron chi connectivity index (χ0n) is 17.7. The first-order valence-corrected chi connectivity index (χ1v) is 12.3. The smallest absolute Gasteiger partial charge is 0.242 e. The van der Waals surface area contributed by atoms with Crippen LogP contribution < -0.4 is 14.9 Å². The van der Waals surface area contributed by atoms with Gasteiger partial charge < -0.3 is 10.2 Å². The summed E-state index contributed by atoms with van der Waals surface area (Å²) in [6.07, 6.45) is 5.71. The number of amides is 1. The van der Waals surface area contributed by atoms with E-state index in [4.69, 9.17) is 11.6 Å². The van der Waals surface area contributed by atoms with Crippen molar-refractivity contribution in [2.45, 2.75) is 50.5 Å². The van der Waals surface area contributed by atoms with E-state index in [9.17, 15) is 13.2 Å². The topological polar surface area (TPSA) is 104 Å². The molecular weight excluding hydrogens is 438 g/mol. The predicted molar refractivity (Wildman–Crippen MR) is 122 cm³/mol. The van der Waals surface area contributed by atoms with Crippen LogP contribution in [0.4, 0.5) is 11.6 Å². The zero-order chi connectivity index (χ0) is 22.4. The highest BCUT2D eigenvalue weighted by Crippen LogP contribution is 2.24. The number of anilines is 2. The zero-order valence-corrected chi connectivity index (χ0v) is 19.3. The molecule has 2 aromatic rings. The number of piperidine rings is 1. The molecule has 0 radical (unpaired) electrons. The van der Waals surface area contributed by atoms with Crippen LogP contribution in [0, 0.1) is 5.92 Å². The van der Waals surface area contributed by atoms with Gasteiger partial charge in [0.2, 0.25) is 15.9 Å². The van der Waals surface area contributed by atoms with Gasteiger partial charge in [-0.15, -0.1) is 0 Å². The Morgan fingerprint density at radius 2 is 1.84 bits per heavy atom. The largest absolute Gasteiger partial charge is 0.357 e. The summed E-state index contributed by atoms with van der Waals surface area (Å²) in [7, 11) is -3.58. The lowest BCUT2D eigenvalue weighted by Gasteiger charge is -2.32. The Labute approximate surface area is 188 Å². The Morgan fingerprint density at radius 1 is 1.13 bits per heavy atom. The minimum absolute atomic E-state index is 0.0589. The maximum Gasteiger partial charge on any atom is 0.242 e. The summed E-state index contributed by atoms with van der Waals surface area (Å²) in [4.78, 5) is 23.2. The second-order valence-electron chi connectivity index (χ2n) is 7.60. The molecule has 168 valence electrons. The van der Waals surface area contributed by atoms with Crippen LogP contribution in [-0.4, -0.2) is 43.4 Å². The molecule has 0 aliphatic carbocycles. The van der Waals surface area contributed by atoms with Crippen molar-refractivity contribution in [2.24, 2.45) is 5.92 Å². The van der Waals surface area contributed by atoms with Crippen LogP contribution >= 0.6 is 11.6 Å². The van der Waals surface area contributed by atoms with Crippen molar-refractivity contribution in [3.8, 4) is 0 Å². The van der Waals surface area contributed by atoms with Gasteiger partial charge >= 0.3 is 0 Å². The van der Waals surface area contributed by atoms with E-state index in [1.54, 1.807) is 24.3 Å². The van der Waals surface area contributed by atoms with Gasteiger partial charge in [-0.25, -0.2) is 23.1 Å². The Balaban J connectivity index is 1.56. The fourth-order valence-corrected chi connectivity index (χ4v) is 4.97. The van der Waals surface area contributed by atoms with Crippen molar-refractivity contribution >= 4 is 39.2 Å². The summed E-state index contributed by atoms with van der Waals surface area (Å²) >= 11 is 5.82. The first-order valence-electron chi connectivity index (χ1n) is 10.5. The number of carbonyl (C=O) groups is 1. The van der Waals surface area contributed by atoms with E-state index in [0.29, 0.717) is 42.6 Å². The van der Waals surface area contributed by atoms with E-state index in [-0.39, 0.29) is 22.8 Å². The van der Waals surface area contributed by atoms with Crippen LogP contribution in [-0.2, 0) is 14.8 Å². The van der Waals surface area contributed by atoms with Gasteiger partial charge in [-0.2, -0.15) is 0 Å². The standard InChI is InChI=1S/C21H28ClN5O3S/c1-3-17(4-2)26-31(29,30)18-6-8-20(24-14-18)27-11-9-15(10-12-27)21(28)25-19-7-5-16(22)13-23-19/h5-8,13-15,17,26H,3-4,9-12H2,1-2H3,(H,23,25,28). The van der Waals surface area contributed by atoms with Crippen molar-refractivity contribution in [3.05, 3.63) is 41.7 Å². The number of carbonyl (C=O) groups excluding carboxylic acids is 1. The predicted octanol–water partition coefficient (Wildman–Crippen LogP) is 3.45. The molecule has 0 bridgehead atoms. The van der Waals surface area contributed by atoms with Crippen molar-refractivity contribution < 1.29 is 13.2 Å². The van der Waals surface area contributed by atoms with Gasteiger partial charge in [0.15, 0.2) is 0 Å². The molecule has 8 nitrogen and oxygen atoms in total. The maximum absolute atomic E-state index is 12.5. The molecule has 1 amide bonds. The van der Waals surface area contributed by atoms with Gasteiger partial charge in [-0.05, 0) is 49.9 Å². The van der Waals surface area contributed by atoms with Crippen molar-refractivity contribution in [2.75, 3.05) is 23.3 Å². The van der Waals surface area contributed by atoms with Crippen molar-refractivity contribution in [1.82, 2.24) is 14.7 Å². The molecule has 31 heavy (non-hydrogen) atoms. The van der Waals surface area contributed by atoms with Crippen LogP contribution in [0.25, 0.3) is 0 Å². The van der Waals surface area contributed by atoms with Crippen molar-refractivity contribution in [3.63, 3.8) is 0 Å². The van der Waals surface area contributed by atoms with Crippen LogP contribution in [0.15, 0.2) is 41.6 Å². The Kier molecular flexibility index (Phi) is 7.85. The van der Waals surface area contributed by atoms with E-state index in [1.165, 1.54) is 12.4 Å². The molecule has 0 saturated carbocycles. The summed E-state index contributed by atoms with van der Waals surface area (Å²) in [5, 5.41) is 3.34. The van der Waals surface area contributed by atoms with E-state index < -0.39 is 10.0 Å². The summed E-state index contributed by atoms with van der Waals surface area (Å²) in [6, 6.07) is 6.57. The molecule has 0 unspecified atom stereocenters. The molecule has 3 rings (SSSR count). The summed E-state index contributed by atoms with van der Waals surface area (Å²) in [6.45, 7) is 5.23. The van der Waals surface area contributed by atoms with E-state index in [2.05, 4.69) is 24.9 Å². The molecule has 0 spiro atoms.